The smallest absolute Gasteiger partial charge is 0.306 e. The van der Waals surface area contributed by atoms with E-state index in [2.05, 4.69) is 33.9 Å². The summed E-state index contributed by atoms with van der Waals surface area (Å²) in [6, 6.07) is 0. The van der Waals surface area contributed by atoms with Crippen LogP contribution in [0.4, 0.5) is 0 Å². The van der Waals surface area contributed by atoms with E-state index in [0.29, 0.717) is 13.0 Å². The minimum absolute atomic E-state index is 0.150. The highest BCUT2D eigenvalue weighted by atomic mass is 35.5. The second kappa shape index (κ2) is 7.51. The molecule has 0 bridgehead atoms. The SMILES string of the molecule is CCCC(=O)O[C@@H](CCl)CO[Si](C)(C)C(C)(C)C. The van der Waals surface area contributed by atoms with Gasteiger partial charge < -0.3 is 9.16 Å². The van der Waals surface area contributed by atoms with E-state index in [1.165, 1.54) is 0 Å². The van der Waals surface area contributed by atoms with Crippen LogP contribution in [0.2, 0.25) is 18.1 Å². The summed E-state index contributed by atoms with van der Waals surface area (Å²) >= 11 is 5.81. The Labute approximate surface area is 117 Å². The Balaban J connectivity index is 4.27. The topological polar surface area (TPSA) is 35.5 Å². The van der Waals surface area contributed by atoms with E-state index in [0.717, 1.165) is 6.42 Å². The predicted molar refractivity (Wildman–Crippen MR) is 78.7 cm³/mol. The lowest BCUT2D eigenvalue weighted by atomic mass is 10.2. The van der Waals surface area contributed by atoms with Gasteiger partial charge in [-0.2, -0.15) is 0 Å². The van der Waals surface area contributed by atoms with Crippen molar-refractivity contribution in [3.8, 4) is 0 Å². The van der Waals surface area contributed by atoms with Gasteiger partial charge in [-0.05, 0) is 24.6 Å². The first-order valence-corrected chi connectivity index (χ1v) is 9.97. The van der Waals surface area contributed by atoms with Crippen molar-refractivity contribution in [3.05, 3.63) is 0 Å². The molecule has 0 saturated carbocycles. The summed E-state index contributed by atoms with van der Waals surface area (Å²) in [6.07, 6.45) is 0.893. The van der Waals surface area contributed by atoms with Crippen LogP contribution in [0.5, 0.6) is 0 Å². The van der Waals surface area contributed by atoms with E-state index in [9.17, 15) is 4.79 Å². The van der Waals surface area contributed by atoms with Crippen molar-refractivity contribution in [2.24, 2.45) is 0 Å². The highest BCUT2D eigenvalue weighted by Crippen LogP contribution is 2.36. The van der Waals surface area contributed by atoms with Gasteiger partial charge >= 0.3 is 5.97 Å². The normalized spacial score (nSPS) is 14.4. The van der Waals surface area contributed by atoms with Gasteiger partial charge in [-0.15, -0.1) is 11.6 Å². The average molecular weight is 295 g/mol. The molecule has 0 spiro atoms. The van der Waals surface area contributed by atoms with E-state index in [-0.39, 0.29) is 23.0 Å². The maximum absolute atomic E-state index is 11.4. The van der Waals surface area contributed by atoms with Gasteiger partial charge in [0.25, 0.3) is 0 Å². The number of halogens is 1. The molecule has 1 atom stereocenters. The number of rotatable bonds is 7. The molecule has 0 fully saturated rings. The van der Waals surface area contributed by atoms with Crippen LogP contribution < -0.4 is 0 Å². The number of hydrogen-bond donors (Lipinski definition) is 0. The first kappa shape index (κ1) is 17.9. The van der Waals surface area contributed by atoms with Gasteiger partial charge in [0.2, 0.25) is 0 Å². The first-order valence-electron chi connectivity index (χ1n) is 6.53. The Kier molecular flexibility index (Phi) is 7.48. The monoisotopic (exact) mass is 294 g/mol. The molecule has 0 aromatic heterocycles. The van der Waals surface area contributed by atoms with Crippen molar-refractivity contribution in [1.82, 2.24) is 0 Å². The van der Waals surface area contributed by atoms with Crippen molar-refractivity contribution >= 4 is 25.9 Å². The molecule has 0 amide bonds. The quantitative estimate of drug-likeness (QED) is 0.405. The van der Waals surface area contributed by atoms with E-state index in [4.69, 9.17) is 20.8 Å². The third kappa shape index (κ3) is 6.21. The van der Waals surface area contributed by atoms with Gasteiger partial charge in [0.1, 0.15) is 6.10 Å². The van der Waals surface area contributed by atoms with Gasteiger partial charge in [-0.1, -0.05) is 27.7 Å². The third-order valence-electron chi connectivity index (χ3n) is 3.36. The summed E-state index contributed by atoms with van der Waals surface area (Å²) in [5.41, 5.74) is 0. The zero-order chi connectivity index (χ0) is 14.4. The Morgan fingerprint density at radius 1 is 1.33 bits per heavy atom. The fourth-order valence-corrected chi connectivity index (χ4v) is 2.26. The number of hydrogen-bond acceptors (Lipinski definition) is 3. The highest BCUT2D eigenvalue weighted by molar-refractivity contribution is 6.74. The Morgan fingerprint density at radius 3 is 2.28 bits per heavy atom. The first-order chi connectivity index (χ1) is 8.14. The van der Waals surface area contributed by atoms with Crippen LogP contribution in [-0.2, 0) is 14.0 Å². The number of ether oxygens (including phenoxy) is 1. The maximum atomic E-state index is 11.4. The largest absolute Gasteiger partial charge is 0.459 e. The molecular formula is C13H27ClO3Si. The average Bonchev–Trinajstić information content (AvgIpc) is 2.22. The van der Waals surface area contributed by atoms with E-state index < -0.39 is 8.32 Å². The lowest BCUT2D eigenvalue weighted by Gasteiger charge is -2.37. The van der Waals surface area contributed by atoms with Crippen molar-refractivity contribution in [3.63, 3.8) is 0 Å². The van der Waals surface area contributed by atoms with Gasteiger partial charge in [0.05, 0.1) is 12.5 Å². The number of carbonyl (C=O) groups excluding carboxylic acids is 1. The lowest BCUT2D eigenvalue weighted by Crippen LogP contribution is -2.43. The third-order valence-corrected chi connectivity index (χ3v) is 8.21. The lowest BCUT2D eigenvalue weighted by molar-refractivity contribution is -0.149. The van der Waals surface area contributed by atoms with Crippen LogP contribution >= 0.6 is 11.6 Å². The number of esters is 1. The molecule has 0 heterocycles. The van der Waals surface area contributed by atoms with Gasteiger partial charge in [0.15, 0.2) is 8.32 Å². The van der Waals surface area contributed by atoms with E-state index >= 15 is 0 Å². The number of carbonyl (C=O) groups is 1. The molecule has 3 nitrogen and oxygen atoms in total. The molecule has 0 aromatic rings. The Bertz CT molecular complexity index is 261. The molecule has 0 rings (SSSR count). The van der Waals surface area contributed by atoms with Gasteiger partial charge in [0, 0.05) is 6.42 Å². The van der Waals surface area contributed by atoms with Crippen LogP contribution in [0.15, 0.2) is 0 Å². The highest BCUT2D eigenvalue weighted by Gasteiger charge is 2.37. The second-order valence-electron chi connectivity index (χ2n) is 6.09. The van der Waals surface area contributed by atoms with Gasteiger partial charge in [-0.25, -0.2) is 0 Å². The maximum Gasteiger partial charge on any atom is 0.306 e. The van der Waals surface area contributed by atoms with Crippen LogP contribution in [0.3, 0.4) is 0 Å². The Morgan fingerprint density at radius 2 is 1.89 bits per heavy atom. The summed E-state index contributed by atoms with van der Waals surface area (Å²) in [5.74, 6) is 0.0892. The summed E-state index contributed by atoms with van der Waals surface area (Å²) in [7, 11) is -1.80. The summed E-state index contributed by atoms with van der Waals surface area (Å²) < 4.78 is 11.3. The van der Waals surface area contributed by atoms with Crippen LogP contribution in [-0.4, -0.2) is 32.9 Å². The molecule has 0 aromatic carbocycles. The van der Waals surface area contributed by atoms with Crippen molar-refractivity contribution in [2.45, 2.75) is 64.8 Å². The standard InChI is InChI=1S/C13H27ClO3Si/c1-7-8-12(15)17-11(9-14)10-16-18(5,6)13(2,3)4/h11H,7-10H2,1-6H3/t11-/m0/s1. The van der Waals surface area contributed by atoms with E-state index in [1.54, 1.807) is 0 Å². The fraction of sp³-hybridized carbons (Fsp3) is 0.923. The summed E-state index contributed by atoms with van der Waals surface area (Å²) in [4.78, 5) is 11.4. The summed E-state index contributed by atoms with van der Waals surface area (Å²) in [6.45, 7) is 13.2. The molecule has 18 heavy (non-hydrogen) atoms. The van der Waals surface area contributed by atoms with E-state index in [1.807, 2.05) is 6.92 Å². The Hall–Kier alpha value is -0.0631. The fourth-order valence-electron chi connectivity index (χ4n) is 1.08. The molecular weight excluding hydrogens is 268 g/mol. The van der Waals surface area contributed by atoms with Crippen LogP contribution in [0.25, 0.3) is 0 Å². The zero-order valence-corrected chi connectivity index (χ0v) is 14.3. The molecule has 0 saturated heterocycles. The minimum atomic E-state index is -1.80. The molecule has 5 heteroatoms. The molecule has 0 radical (unpaired) electrons. The molecule has 0 N–H and O–H groups in total. The zero-order valence-electron chi connectivity index (χ0n) is 12.5. The molecule has 108 valence electrons. The van der Waals surface area contributed by atoms with Crippen LogP contribution in [0.1, 0.15) is 40.5 Å². The number of alkyl halides is 1. The second-order valence-corrected chi connectivity index (χ2v) is 11.2. The van der Waals surface area contributed by atoms with Crippen molar-refractivity contribution in [1.29, 1.82) is 0 Å². The predicted octanol–water partition coefficient (Wildman–Crippen LogP) is 3.96. The summed E-state index contributed by atoms with van der Waals surface area (Å²) in [5, 5.41) is 0.150. The minimum Gasteiger partial charge on any atom is -0.459 e. The molecule has 0 aliphatic heterocycles. The molecule has 0 aliphatic carbocycles. The van der Waals surface area contributed by atoms with Crippen molar-refractivity contribution in [2.75, 3.05) is 12.5 Å². The molecule has 0 aliphatic rings. The van der Waals surface area contributed by atoms with Crippen LogP contribution in [0, 0.1) is 0 Å². The molecule has 0 unspecified atom stereocenters. The van der Waals surface area contributed by atoms with Crippen molar-refractivity contribution < 1.29 is 14.0 Å². The van der Waals surface area contributed by atoms with Gasteiger partial charge in [-0.3, -0.25) is 4.79 Å².